The fourth-order valence-electron chi connectivity index (χ4n) is 3.07. The van der Waals surface area contributed by atoms with Crippen LogP contribution in [0.3, 0.4) is 0 Å². The number of phenols is 1. The van der Waals surface area contributed by atoms with Gasteiger partial charge in [-0.05, 0) is 68.0 Å². The molecule has 0 aromatic heterocycles. The average Bonchev–Trinajstić information content (AvgIpc) is 2.61. The number of fused-ring (bicyclic) bond motifs is 1. The highest BCUT2D eigenvalue weighted by Crippen LogP contribution is 2.31. The number of phenolic OH excluding ortho intramolecular Hbond substituents is 1. The predicted molar refractivity (Wildman–Crippen MR) is 97.1 cm³/mol. The molecular formula is C20H22N2O3. The molecule has 0 spiro atoms. The van der Waals surface area contributed by atoms with Gasteiger partial charge in [0.25, 0.3) is 5.91 Å². The van der Waals surface area contributed by atoms with Gasteiger partial charge < -0.3 is 9.84 Å². The number of benzene rings is 2. The second-order valence-electron chi connectivity index (χ2n) is 6.31. The van der Waals surface area contributed by atoms with Crippen molar-refractivity contribution in [2.45, 2.75) is 33.1 Å². The van der Waals surface area contributed by atoms with Gasteiger partial charge in [0.1, 0.15) is 11.5 Å². The summed E-state index contributed by atoms with van der Waals surface area (Å²) >= 11 is 0. The molecule has 0 fully saturated rings. The number of carbonyl (C=O) groups is 1. The third-order valence-corrected chi connectivity index (χ3v) is 4.33. The van der Waals surface area contributed by atoms with Crippen molar-refractivity contribution in [3.63, 3.8) is 0 Å². The van der Waals surface area contributed by atoms with Crippen LogP contribution < -0.4 is 10.2 Å². The van der Waals surface area contributed by atoms with Gasteiger partial charge >= 0.3 is 0 Å². The Morgan fingerprint density at radius 1 is 1.24 bits per heavy atom. The second-order valence-corrected chi connectivity index (χ2v) is 6.31. The fraction of sp³-hybridized carbons (Fsp3) is 0.300. The molecule has 1 aliphatic rings. The average molecular weight is 338 g/mol. The molecule has 0 aliphatic heterocycles. The van der Waals surface area contributed by atoms with E-state index >= 15 is 0 Å². The zero-order chi connectivity index (χ0) is 17.8. The molecule has 0 radical (unpaired) electrons. The van der Waals surface area contributed by atoms with E-state index < -0.39 is 0 Å². The Labute approximate surface area is 147 Å². The van der Waals surface area contributed by atoms with Gasteiger partial charge in [0.2, 0.25) is 0 Å². The predicted octanol–water partition coefficient (Wildman–Crippen LogP) is 3.24. The van der Waals surface area contributed by atoms with Crippen LogP contribution in [0.25, 0.3) is 0 Å². The first kappa shape index (κ1) is 17.0. The van der Waals surface area contributed by atoms with Crippen LogP contribution in [0.1, 0.15) is 35.1 Å². The molecular weight excluding hydrogens is 316 g/mol. The van der Waals surface area contributed by atoms with Crippen molar-refractivity contribution in [3.8, 4) is 11.5 Å². The van der Waals surface area contributed by atoms with Crippen molar-refractivity contribution in [2.24, 2.45) is 5.10 Å². The smallest absolute Gasteiger partial charge is 0.277 e. The summed E-state index contributed by atoms with van der Waals surface area (Å²) in [5, 5.41) is 14.4. The van der Waals surface area contributed by atoms with Crippen LogP contribution in [0.15, 0.2) is 41.5 Å². The zero-order valence-electron chi connectivity index (χ0n) is 14.5. The maximum atomic E-state index is 12.0. The molecule has 0 atom stereocenters. The number of hydrogen-bond acceptors (Lipinski definition) is 4. The Balaban J connectivity index is 1.67. The molecule has 25 heavy (non-hydrogen) atoms. The maximum absolute atomic E-state index is 12.0. The number of aryl methyl sites for hydroxylation is 2. The summed E-state index contributed by atoms with van der Waals surface area (Å²) in [6.45, 7) is 3.89. The minimum atomic E-state index is -0.326. The van der Waals surface area contributed by atoms with E-state index in [1.165, 1.54) is 0 Å². The SMILES string of the molecule is Cc1cccc(OCC(=O)N/N=C2\CCCc3c(C)ccc(O)c32)c1. The Morgan fingerprint density at radius 3 is 2.88 bits per heavy atom. The van der Waals surface area contributed by atoms with E-state index in [-0.39, 0.29) is 18.3 Å². The summed E-state index contributed by atoms with van der Waals surface area (Å²) in [7, 11) is 0. The van der Waals surface area contributed by atoms with Crippen LogP contribution >= 0.6 is 0 Å². The molecule has 5 heteroatoms. The van der Waals surface area contributed by atoms with Gasteiger partial charge in [0.05, 0.1) is 5.71 Å². The summed E-state index contributed by atoms with van der Waals surface area (Å²) in [6.07, 6.45) is 2.59. The lowest BCUT2D eigenvalue weighted by Gasteiger charge is -2.21. The summed E-state index contributed by atoms with van der Waals surface area (Å²) < 4.78 is 5.47. The fourth-order valence-corrected chi connectivity index (χ4v) is 3.07. The van der Waals surface area contributed by atoms with Crippen LogP contribution in [0.4, 0.5) is 0 Å². The molecule has 0 saturated carbocycles. The van der Waals surface area contributed by atoms with Gasteiger partial charge in [-0.3, -0.25) is 4.79 Å². The molecule has 0 heterocycles. The highest BCUT2D eigenvalue weighted by molar-refractivity contribution is 6.05. The number of ether oxygens (including phenoxy) is 1. The number of carbonyl (C=O) groups excluding carboxylic acids is 1. The van der Waals surface area contributed by atoms with Crippen molar-refractivity contribution in [1.82, 2.24) is 5.43 Å². The van der Waals surface area contributed by atoms with Gasteiger partial charge in [-0.1, -0.05) is 18.2 Å². The number of nitrogens with one attached hydrogen (secondary N) is 1. The Morgan fingerprint density at radius 2 is 2.08 bits per heavy atom. The standard InChI is InChI=1S/C20H22N2O3/c1-13-5-3-6-15(11-13)25-12-19(24)22-21-17-8-4-7-16-14(2)9-10-18(23)20(16)17/h3,5-6,9-11,23H,4,7-8,12H2,1-2H3,(H,22,24)/b21-17+. The molecule has 1 aliphatic carbocycles. The van der Waals surface area contributed by atoms with Crippen molar-refractivity contribution in [2.75, 3.05) is 6.61 Å². The highest BCUT2D eigenvalue weighted by Gasteiger charge is 2.21. The molecule has 0 saturated heterocycles. The number of amides is 1. The first-order valence-corrected chi connectivity index (χ1v) is 8.41. The molecule has 0 bridgehead atoms. The number of rotatable bonds is 4. The quantitative estimate of drug-likeness (QED) is 0.841. The molecule has 1 amide bonds. The number of hydrogen-bond donors (Lipinski definition) is 2. The van der Waals surface area contributed by atoms with E-state index in [4.69, 9.17) is 4.74 Å². The van der Waals surface area contributed by atoms with Crippen molar-refractivity contribution < 1.29 is 14.6 Å². The molecule has 5 nitrogen and oxygen atoms in total. The van der Waals surface area contributed by atoms with E-state index in [9.17, 15) is 9.90 Å². The minimum Gasteiger partial charge on any atom is -0.507 e. The van der Waals surface area contributed by atoms with Gasteiger partial charge in [-0.15, -0.1) is 0 Å². The van der Waals surface area contributed by atoms with E-state index in [0.717, 1.165) is 41.5 Å². The third kappa shape index (κ3) is 3.99. The normalized spacial score (nSPS) is 14.9. The van der Waals surface area contributed by atoms with Crippen LogP contribution in [0.5, 0.6) is 11.5 Å². The van der Waals surface area contributed by atoms with E-state index in [1.807, 2.05) is 44.2 Å². The molecule has 3 rings (SSSR count). The van der Waals surface area contributed by atoms with Crippen LogP contribution in [-0.4, -0.2) is 23.3 Å². The van der Waals surface area contributed by atoms with Crippen LogP contribution in [0, 0.1) is 13.8 Å². The van der Waals surface area contributed by atoms with E-state index in [1.54, 1.807) is 6.07 Å². The maximum Gasteiger partial charge on any atom is 0.277 e. The largest absolute Gasteiger partial charge is 0.507 e. The monoisotopic (exact) mass is 338 g/mol. The summed E-state index contributed by atoms with van der Waals surface area (Å²) in [5.74, 6) is 0.539. The highest BCUT2D eigenvalue weighted by atomic mass is 16.5. The topological polar surface area (TPSA) is 70.9 Å². The lowest BCUT2D eigenvalue weighted by atomic mass is 9.86. The Kier molecular flexibility index (Phi) is 5.03. The molecule has 0 unspecified atom stereocenters. The first-order valence-electron chi connectivity index (χ1n) is 8.41. The van der Waals surface area contributed by atoms with Gasteiger partial charge in [0.15, 0.2) is 6.61 Å². The van der Waals surface area contributed by atoms with Crippen LogP contribution in [0.2, 0.25) is 0 Å². The molecule has 130 valence electrons. The lowest BCUT2D eigenvalue weighted by Crippen LogP contribution is -2.27. The van der Waals surface area contributed by atoms with Gasteiger partial charge in [-0.2, -0.15) is 5.10 Å². The van der Waals surface area contributed by atoms with Crippen molar-refractivity contribution in [1.29, 1.82) is 0 Å². The first-order chi connectivity index (χ1) is 12.0. The van der Waals surface area contributed by atoms with Crippen LogP contribution in [-0.2, 0) is 11.2 Å². The molecule has 2 aromatic rings. The Bertz CT molecular complexity index is 828. The zero-order valence-corrected chi connectivity index (χ0v) is 14.5. The van der Waals surface area contributed by atoms with Gasteiger partial charge in [0, 0.05) is 5.56 Å². The van der Waals surface area contributed by atoms with E-state index in [0.29, 0.717) is 11.5 Å². The summed E-state index contributed by atoms with van der Waals surface area (Å²) in [5.41, 5.74) is 7.32. The second kappa shape index (κ2) is 7.38. The minimum absolute atomic E-state index is 0.104. The third-order valence-electron chi connectivity index (χ3n) is 4.33. The number of aromatic hydroxyl groups is 1. The van der Waals surface area contributed by atoms with E-state index in [2.05, 4.69) is 10.5 Å². The molecule has 2 N–H and O–H groups in total. The number of nitrogens with zero attached hydrogens (tertiary/aromatic N) is 1. The number of hydrazone groups is 1. The summed E-state index contributed by atoms with van der Waals surface area (Å²) in [6, 6.07) is 11.1. The Hall–Kier alpha value is -2.82. The summed E-state index contributed by atoms with van der Waals surface area (Å²) in [4.78, 5) is 12.0. The van der Waals surface area contributed by atoms with Crippen molar-refractivity contribution in [3.05, 3.63) is 58.7 Å². The lowest BCUT2D eigenvalue weighted by molar-refractivity contribution is -0.123. The molecule has 2 aromatic carbocycles. The van der Waals surface area contributed by atoms with Gasteiger partial charge in [-0.25, -0.2) is 5.43 Å². The van der Waals surface area contributed by atoms with Crippen molar-refractivity contribution >= 4 is 11.6 Å².